The number of ether oxygens (including phenoxy) is 1. The number of hydrogen-bond acceptors (Lipinski definition) is 4. The van der Waals surface area contributed by atoms with Crippen LogP contribution in [-0.4, -0.2) is 29.2 Å². The highest BCUT2D eigenvalue weighted by Crippen LogP contribution is 2.34. The van der Waals surface area contributed by atoms with E-state index in [1.54, 1.807) is 18.2 Å². The third kappa shape index (κ3) is 4.46. The van der Waals surface area contributed by atoms with Crippen molar-refractivity contribution in [2.45, 2.75) is 32.1 Å². The van der Waals surface area contributed by atoms with Gasteiger partial charge in [0.25, 0.3) is 11.1 Å². The quantitative estimate of drug-likeness (QED) is 0.583. The minimum absolute atomic E-state index is 0.157. The van der Waals surface area contributed by atoms with Crippen LogP contribution in [0.15, 0.2) is 29.2 Å². The average Bonchev–Trinajstić information content (AvgIpc) is 2.89. The van der Waals surface area contributed by atoms with Gasteiger partial charge in [-0.1, -0.05) is 37.3 Å². The van der Waals surface area contributed by atoms with Gasteiger partial charge in [0.1, 0.15) is 12.4 Å². The van der Waals surface area contributed by atoms with E-state index < -0.39 is 0 Å². The molecule has 2 aliphatic rings. The van der Waals surface area contributed by atoms with Gasteiger partial charge in [-0.2, -0.15) is 0 Å². The fourth-order valence-electron chi connectivity index (χ4n) is 3.22. The molecule has 1 aliphatic carbocycles. The summed E-state index contributed by atoms with van der Waals surface area (Å²) < 4.78 is 5.33. The number of rotatable bonds is 5. The zero-order valence-corrected chi connectivity index (χ0v) is 14.9. The Labute approximate surface area is 152 Å². The van der Waals surface area contributed by atoms with Crippen LogP contribution >= 0.6 is 11.8 Å². The Balaban J connectivity index is 1.66. The topological polar surface area (TPSA) is 46.6 Å². The van der Waals surface area contributed by atoms with Gasteiger partial charge in [0, 0.05) is 6.54 Å². The second-order valence-electron chi connectivity index (χ2n) is 6.36. The molecule has 0 N–H and O–H groups in total. The Kier molecular flexibility index (Phi) is 5.83. The minimum atomic E-state index is -0.173. The van der Waals surface area contributed by atoms with Crippen molar-refractivity contribution < 1.29 is 14.3 Å². The van der Waals surface area contributed by atoms with Gasteiger partial charge in [-0.25, -0.2) is 0 Å². The molecule has 1 saturated heterocycles. The maximum Gasteiger partial charge on any atom is 0.293 e. The predicted molar refractivity (Wildman–Crippen MR) is 100 cm³/mol. The lowest BCUT2D eigenvalue weighted by atomic mass is 9.89. The largest absolute Gasteiger partial charge is 0.481 e. The third-order valence-electron chi connectivity index (χ3n) is 4.54. The van der Waals surface area contributed by atoms with E-state index in [0.29, 0.717) is 23.1 Å². The highest BCUT2D eigenvalue weighted by Gasteiger charge is 2.36. The van der Waals surface area contributed by atoms with Crippen LogP contribution in [0.1, 0.15) is 37.7 Å². The molecular formula is C20H21NO3S. The Bertz CT molecular complexity index is 711. The molecule has 0 spiro atoms. The first-order valence-corrected chi connectivity index (χ1v) is 9.40. The highest BCUT2D eigenvalue weighted by atomic mass is 32.2. The van der Waals surface area contributed by atoms with Gasteiger partial charge in [0.05, 0.1) is 4.91 Å². The number of benzene rings is 1. The number of nitrogens with zero attached hydrogens (tertiary/aromatic N) is 1. The highest BCUT2D eigenvalue weighted by molar-refractivity contribution is 8.18. The first kappa shape index (κ1) is 17.6. The van der Waals surface area contributed by atoms with Crippen LogP contribution in [0, 0.1) is 18.3 Å². The minimum Gasteiger partial charge on any atom is -0.481 e. The summed E-state index contributed by atoms with van der Waals surface area (Å²) in [5.41, 5.74) is 0.858. The van der Waals surface area contributed by atoms with Gasteiger partial charge in [-0.15, -0.1) is 6.42 Å². The first-order valence-electron chi connectivity index (χ1n) is 8.59. The fourth-order valence-corrected chi connectivity index (χ4v) is 4.07. The van der Waals surface area contributed by atoms with Gasteiger partial charge >= 0.3 is 0 Å². The van der Waals surface area contributed by atoms with Crippen molar-refractivity contribution in [2.75, 3.05) is 13.2 Å². The number of thioether (sulfide) groups is 1. The summed E-state index contributed by atoms with van der Waals surface area (Å²) in [5.74, 6) is 3.37. The van der Waals surface area contributed by atoms with Crippen LogP contribution in [0.4, 0.5) is 4.79 Å². The van der Waals surface area contributed by atoms with Crippen molar-refractivity contribution in [3.05, 3.63) is 34.7 Å². The predicted octanol–water partition coefficient (Wildman–Crippen LogP) is 4.32. The van der Waals surface area contributed by atoms with E-state index in [0.717, 1.165) is 30.2 Å². The molecule has 1 aromatic rings. The molecule has 2 amide bonds. The smallest absolute Gasteiger partial charge is 0.293 e. The van der Waals surface area contributed by atoms with Gasteiger partial charge in [0.2, 0.25) is 0 Å². The van der Waals surface area contributed by atoms with Crippen molar-refractivity contribution in [3.63, 3.8) is 0 Å². The number of carbonyl (C=O) groups is 2. The molecule has 0 radical (unpaired) electrons. The lowest BCUT2D eigenvalue weighted by molar-refractivity contribution is -0.123. The third-order valence-corrected chi connectivity index (χ3v) is 5.45. The van der Waals surface area contributed by atoms with E-state index in [4.69, 9.17) is 11.2 Å². The first-order chi connectivity index (χ1) is 12.2. The summed E-state index contributed by atoms with van der Waals surface area (Å²) in [5, 5.41) is -0.157. The van der Waals surface area contributed by atoms with Crippen LogP contribution in [0.25, 0.3) is 6.08 Å². The van der Waals surface area contributed by atoms with Crippen LogP contribution in [0.3, 0.4) is 0 Å². The Morgan fingerprint density at radius 1 is 1.20 bits per heavy atom. The number of hydrogen-bond donors (Lipinski definition) is 0. The Hall–Kier alpha value is -2.19. The van der Waals surface area contributed by atoms with Crippen LogP contribution in [0.2, 0.25) is 0 Å². The van der Waals surface area contributed by atoms with Gasteiger partial charge in [-0.05, 0) is 54.3 Å². The number of terminal acetylenes is 1. The van der Waals surface area contributed by atoms with Crippen molar-refractivity contribution in [1.29, 1.82) is 0 Å². The summed E-state index contributed by atoms with van der Waals surface area (Å²) in [6, 6.07) is 7.30. The molecule has 0 bridgehead atoms. The van der Waals surface area contributed by atoms with Crippen molar-refractivity contribution in [3.8, 4) is 18.1 Å². The van der Waals surface area contributed by atoms with Gasteiger partial charge < -0.3 is 4.74 Å². The maximum absolute atomic E-state index is 12.6. The lowest BCUT2D eigenvalue weighted by Crippen LogP contribution is -2.34. The lowest BCUT2D eigenvalue weighted by Gasteiger charge is -2.25. The summed E-state index contributed by atoms with van der Waals surface area (Å²) in [6.45, 7) is 0.778. The second kappa shape index (κ2) is 8.26. The molecule has 25 heavy (non-hydrogen) atoms. The van der Waals surface area contributed by atoms with Crippen molar-refractivity contribution >= 4 is 29.0 Å². The van der Waals surface area contributed by atoms with Crippen molar-refractivity contribution in [1.82, 2.24) is 4.90 Å². The number of amides is 2. The van der Waals surface area contributed by atoms with Crippen LogP contribution in [-0.2, 0) is 4.79 Å². The standard InChI is InChI=1S/C20H21NO3S/c1-2-12-24-17-10-8-15(9-11-17)13-18-19(22)21(20(23)25-18)14-16-6-4-3-5-7-16/h1,8-11,13,16H,3-7,12,14H2/b18-13+. The average molecular weight is 355 g/mol. The molecule has 4 nitrogen and oxygen atoms in total. The fraction of sp³-hybridized carbons (Fsp3) is 0.400. The molecule has 1 saturated carbocycles. The molecule has 0 atom stereocenters. The molecular weight excluding hydrogens is 334 g/mol. The Morgan fingerprint density at radius 3 is 2.60 bits per heavy atom. The summed E-state index contributed by atoms with van der Waals surface area (Å²) >= 11 is 1.02. The summed E-state index contributed by atoms with van der Waals surface area (Å²) in [6.07, 6.45) is 12.8. The zero-order valence-electron chi connectivity index (χ0n) is 14.1. The van der Waals surface area contributed by atoms with Crippen molar-refractivity contribution in [2.24, 2.45) is 5.92 Å². The van der Waals surface area contributed by atoms with E-state index in [9.17, 15) is 9.59 Å². The number of imide groups is 1. The Morgan fingerprint density at radius 2 is 1.92 bits per heavy atom. The monoisotopic (exact) mass is 355 g/mol. The summed E-state index contributed by atoms with van der Waals surface area (Å²) in [7, 11) is 0. The molecule has 1 aliphatic heterocycles. The zero-order chi connectivity index (χ0) is 17.6. The molecule has 0 unspecified atom stereocenters. The van der Waals surface area contributed by atoms with Crippen LogP contribution in [0.5, 0.6) is 5.75 Å². The van der Waals surface area contributed by atoms with E-state index in [1.165, 1.54) is 24.2 Å². The molecule has 1 heterocycles. The second-order valence-corrected chi connectivity index (χ2v) is 7.35. The number of carbonyl (C=O) groups excluding carboxylic acids is 2. The van der Waals surface area contributed by atoms with E-state index in [2.05, 4.69) is 5.92 Å². The summed E-state index contributed by atoms with van der Waals surface area (Å²) in [4.78, 5) is 26.7. The van der Waals surface area contributed by atoms with Gasteiger partial charge in [0.15, 0.2) is 0 Å². The SMILES string of the molecule is C#CCOc1ccc(/C=C2/SC(=O)N(CC3CCCCC3)C2=O)cc1. The molecule has 5 heteroatoms. The molecule has 2 fully saturated rings. The van der Waals surface area contributed by atoms with Gasteiger partial charge in [-0.3, -0.25) is 14.5 Å². The van der Waals surface area contributed by atoms with Crippen LogP contribution < -0.4 is 4.74 Å². The van der Waals surface area contributed by atoms with E-state index >= 15 is 0 Å². The molecule has 130 valence electrons. The molecule has 3 rings (SSSR count). The maximum atomic E-state index is 12.6. The van der Waals surface area contributed by atoms with E-state index in [1.807, 2.05) is 12.1 Å². The molecule has 1 aromatic carbocycles. The normalized spacial score (nSPS) is 20.1. The van der Waals surface area contributed by atoms with E-state index in [-0.39, 0.29) is 17.8 Å². The molecule has 0 aromatic heterocycles.